The third-order valence-electron chi connectivity index (χ3n) is 3.67. The lowest BCUT2D eigenvalue weighted by Gasteiger charge is -2.26. The Morgan fingerprint density at radius 1 is 1.09 bits per heavy atom. The Morgan fingerprint density at radius 3 is 2.64 bits per heavy atom. The SMILES string of the molecule is Clc1ccc(Sc2ccc(CCCN3CCOCC3)s2)cc1. The number of hydrogen-bond acceptors (Lipinski definition) is 4. The number of halogens is 1. The first-order chi connectivity index (χ1) is 10.8. The molecule has 3 rings (SSSR count). The highest BCUT2D eigenvalue weighted by atomic mass is 35.5. The molecule has 1 aromatic heterocycles. The molecule has 0 radical (unpaired) electrons. The van der Waals surface area contributed by atoms with E-state index in [4.69, 9.17) is 16.3 Å². The van der Waals surface area contributed by atoms with Crippen LogP contribution in [0.2, 0.25) is 5.02 Å². The molecule has 2 heterocycles. The first kappa shape index (κ1) is 16.3. The summed E-state index contributed by atoms with van der Waals surface area (Å²) in [6.07, 6.45) is 2.40. The highest BCUT2D eigenvalue weighted by Gasteiger charge is 2.10. The van der Waals surface area contributed by atoms with Crippen molar-refractivity contribution in [3.05, 3.63) is 46.3 Å². The standard InChI is InChI=1S/C17H20ClNOS2/c18-14-3-5-16(6-4-14)22-17-8-7-15(21-17)2-1-9-19-10-12-20-13-11-19/h3-8H,1-2,9-13H2. The summed E-state index contributed by atoms with van der Waals surface area (Å²) in [7, 11) is 0. The number of ether oxygens (including phenoxy) is 1. The summed E-state index contributed by atoms with van der Waals surface area (Å²) in [6.45, 7) is 5.13. The highest BCUT2D eigenvalue weighted by molar-refractivity contribution is 8.01. The molecule has 118 valence electrons. The third-order valence-corrected chi connectivity index (χ3v) is 6.21. The van der Waals surface area contributed by atoms with Crippen molar-refractivity contribution in [2.75, 3.05) is 32.8 Å². The lowest BCUT2D eigenvalue weighted by Crippen LogP contribution is -2.36. The van der Waals surface area contributed by atoms with E-state index in [1.54, 1.807) is 0 Å². The Balaban J connectivity index is 1.45. The van der Waals surface area contributed by atoms with Gasteiger partial charge in [0, 0.05) is 27.9 Å². The molecule has 2 nitrogen and oxygen atoms in total. The largest absolute Gasteiger partial charge is 0.379 e. The summed E-state index contributed by atoms with van der Waals surface area (Å²) in [5, 5.41) is 0.791. The van der Waals surface area contributed by atoms with Gasteiger partial charge in [-0.15, -0.1) is 11.3 Å². The quantitative estimate of drug-likeness (QED) is 0.738. The molecule has 1 saturated heterocycles. The Bertz CT molecular complexity index is 579. The number of aryl methyl sites for hydroxylation is 1. The van der Waals surface area contributed by atoms with Crippen molar-refractivity contribution in [1.29, 1.82) is 0 Å². The number of hydrogen-bond donors (Lipinski definition) is 0. The van der Waals surface area contributed by atoms with Gasteiger partial charge in [0.2, 0.25) is 0 Å². The van der Waals surface area contributed by atoms with Gasteiger partial charge in [0.05, 0.1) is 17.4 Å². The van der Waals surface area contributed by atoms with E-state index in [1.165, 1.54) is 33.4 Å². The number of rotatable bonds is 6. The van der Waals surface area contributed by atoms with E-state index in [0.717, 1.165) is 31.3 Å². The van der Waals surface area contributed by atoms with E-state index in [2.05, 4.69) is 29.2 Å². The number of morpholine rings is 1. The fourth-order valence-corrected chi connectivity index (χ4v) is 4.79. The minimum absolute atomic E-state index is 0.791. The van der Waals surface area contributed by atoms with Crippen molar-refractivity contribution in [3.63, 3.8) is 0 Å². The van der Waals surface area contributed by atoms with Gasteiger partial charge in [-0.2, -0.15) is 0 Å². The first-order valence-corrected chi connectivity index (χ1v) is 9.63. The van der Waals surface area contributed by atoms with Gasteiger partial charge >= 0.3 is 0 Å². The maximum Gasteiger partial charge on any atom is 0.0649 e. The van der Waals surface area contributed by atoms with Crippen molar-refractivity contribution in [3.8, 4) is 0 Å². The number of nitrogens with zero attached hydrogens (tertiary/aromatic N) is 1. The van der Waals surface area contributed by atoms with Crippen LogP contribution in [0.1, 0.15) is 11.3 Å². The predicted molar refractivity (Wildman–Crippen MR) is 95.5 cm³/mol. The lowest BCUT2D eigenvalue weighted by molar-refractivity contribution is 0.0375. The summed E-state index contributed by atoms with van der Waals surface area (Å²) in [4.78, 5) is 5.22. The fraction of sp³-hybridized carbons (Fsp3) is 0.412. The monoisotopic (exact) mass is 353 g/mol. The van der Waals surface area contributed by atoms with Gasteiger partial charge in [-0.05, 0) is 55.8 Å². The van der Waals surface area contributed by atoms with Gasteiger partial charge in [0.15, 0.2) is 0 Å². The Labute approximate surface area is 145 Å². The zero-order chi connectivity index (χ0) is 15.2. The van der Waals surface area contributed by atoms with Crippen LogP contribution in [0, 0.1) is 0 Å². The van der Waals surface area contributed by atoms with E-state index in [0.29, 0.717) is 0 Å². The molecule has 0 unspecified atom stereocenters. The van der Waals surface area contributed by atoms with Gasteiger partial charge < -0.3 is 4.74 Å². The van der Waals surface area contributed by atoms with Crippen LogP contribution in [0.15, 0.2) is 45.5 Å². The average Bonchev–Trinajstić information content (AvgIpc) is 2.98. The van der Waals surface area contributed by atoms with E-state index in [9.17, 15) is 0 Å². The average molecular weight is 354 g/mol. The van der Waals surface area contributed by atoms with Crippen LogP contribution in [-0.2, 0) is 11.2 Å². The molecular weight excluding hydrogens is 334 g/mol. The minimum Gasteiger partial charge on any atom is -0.379 e. The van der Waals surface area contributed by atoms with Gasteiger partial charge in [0.1, 0.15) is 0 Å². The summed E-state index contributed by atoms with van der Waals surface area (Å²) in [5.74, 6) is 0. The van der Waals surface area contributed by atoms with Crippen molar-refractivity contribution < 1.29 is 4.74 Å². The zero-order valence-electron chi connectivity index (χ0n) is 12.5. The maximum absolute atomic E-state index is 5.92. The first-order valence-electron chi connectivity index (χ1n) is 7.62. The molecule has 5 heteroatoms. The van der Waals surface area contributed by atoms with Gasteiger partial charge in [0.25, 0.3) is 0 Å². The minimum atomic E-state index is 0.791. The molecular formula is C17H20ClNOS2. The molecule has 1 aromatic carbocycles. The summed E-state index contributed by atoms with van der Waals surface area (Å²) in [6, 6.07) is 12.5. The van der Waals surface area contributed by atoms with Gasteiger partial charge in [-0.3, -0.25) is 4.90 Å². The van der Waals surface area contributed by atoms with E-state index < -0.39 is 0 Å². The van der Waals surface area contributed by atoms with Crippen LogP contribution in [-0.4, -0.2) is 37.7 Å². The maximum atomic E-state index is 5.92. The van der Waals surface area contributed by atoms with Gasteiger partial charge in [-0.25, -0.2) is 0 Å². The van der Waals surface area contributed by atoms with Crippen LogP contribution < -0.4 is 0 Å². The fourth-order valence-electron chi connectivity index (χ4n) is 2.47. The highest BCUT2D eigenvalue weighted by Crippen LogP contribution is 2.34. The van der Waals surface area contributed by atoms with Crippen molar-refractivity contribution in [2.45, 2.75) is 21.9 Å². The Hall–Kier alpha value is -0.520. The molecule has 1 fully saturated rings. The number of benzene rings is 1. The van der Waals surface area contributed by atoms with Crippen molar-refractivity contribution >= 4 is 34.7 Å². The normalized spacial score (nSPS) is 16.0. The van der Waals surface area contributed by atoms with E-state index >= 15 is 0 Å². The van der Waals surface area contributed by atoms with Crippen molar-refractivity contribution in [1.82, 2.24) is 4.90 Å². The second-order valence-corrected chi connectivity index (χ2v) is 8.31. The Kier molecular flexibility index (Phi) is 6.21. The second-order valence-electron chi connectivity index (χ2n) is 5.33. The lowest BCUT2D eigenvalue weighted by atomic mass is 10.2. The molecule has 0 N–H and O–H groups in total. The molecule has 0 aliphatic carbocycles. The summed E-state index contributed by atoms with van der Waals surface area (Å²) in [5.41, 5.74) is 0. The summed E-state index contributed by atoms with van der Waals surface area (Å²) >= 11 is 9.64. The second kappa shape index (κ2) is 8.37. The van der Waals surface area contributed by atoms with E-state index in [1.807, 2.05) is 35.2 Å². The zero-order valence-corrected chi connectivity index (χ0v) is 14.9. The third kappa shape index (κ3) is 5.00. The van der Waals surface area contributed by atoms with Crippen LogP contribution >= 0.6 is 34.7 Å². The molecule has 0 amide bonds. The molecule has 1 aliphatic heterocycles. The number of thiophene rings is 1. The van der Waals surface area contributed by atoms with Crippen LogP contribution in [0.3, 0.4) is 0 Å². The molecule has 2 aromatic rings. The smallest absolute Gasteiger partial charge is 0.0649 e. The van der Waals surface area contributed by atoms with Crippen LogP contribution in [0.5, 0.6) is 0 Å². The molecule has 0 bridgehead atoms. The molecule has 0 atom stereocenters. The van der Waals surface area contributed by atoms with Crippen molar-refractivity contribution in [2.24, 2.45) is 0 Å². The van der Waals surface area contributed by atoms with Crippen LogP contribution in [0.25, 0.3) is 0 Å². The van der Waals surface area contributed by atoms with Gasteiger partial charge in [-0.1, -0.05) is 23.4 Å². The predicted octanol–water partition coefficient (Wildman–Crippen LogP) is 4.82. The Morgan fingerprint density at radius 2 is 1.86 bits per heavy atom. The van der Waals surface area contributed by atoms with Crippen LogP contribution in [0.4, 0.5) is 0 Å². The van der Waals surface area contributed by atoms with E-state index in [-0.39, 0.29) is 0 Å². The molecule has 1 aliphatic rings. The summed E-state index contributed by atoms with van der Waals surface area (Å²) < 4.78 is 6.73. The molecule has 0 spiro atoms. The topological polar surface area (TPSA) is 12.5 Å². The molecule has 0 saturated carbocycles. The molecule has 22 heavy (non-hydrogen) atoms.